The van der Waals surface area contributed by atoms with Crippen LogP contribution in [0.2, 0.25) is 0 Å². The summed E-state index contributed by atoms with van der Waals surface area (Å²) in [6.07, 6.45) is 0. The number of ketones is 1. The maximum Gasteiger partial charge on any atom is 0.300 e. The quantitative estimate of drug-likeness (QED) is 0.278. The molecule has 1 fully saturated rings. The van der Waals surface area contributed by atoms with Gasteiger partial charge in [-0.3, -0.25) is 14.5 Å². The predicted octanol–water partition coefficient (Wildman–Crippen LogP) is 4.74. The standard InChI is InChI=1S/C28H27NO7/c1-5-36-20-10-6-17(7-11-20)26(30)24-25(22-15-14-21(34-3)16-23(22)35-4)29(28(32)27(24)31)18-8-12-19(33-2)13-9-18/h6-16,25,30H,5H2,1-4H3/t25-/m0/s1. The molecule has 0 aliphatic carbocycles. The fourth-order valence-electron chi connectivity index (χ4n) is 4.21. The molecule has 0 bridgehead atoms. The second-order valence-corrected chi connectivity index (χ2v) is 7.93. The van der Waals surface area contributed by atoms with Gasteiger partial charge in [-0.05, 0) is 67.6 Å². The second kappa shape index (κ2) is 10.4. The monoisotopic (exact) mass is 489 g/mol. The van der Waals surface area contributed by atoms with Gasteiger partial charge in [0.1, 0.15) is 28.8 Å². The van der Waals surface area contributed by atoms with Gasteiger partial charge in [-0.25, -0.2) is 0 Å². The van der Waals surface area contributed by atoms with E-state index < -0.39 is 17.7 Å². The lowest BCUT2D eigenvalue weighted by molar-refractivity contribution is -0.132. The smallest absolute Gasteiger partial charge is 0.300 e. The molecule has 1 atom stereocenters. The van der Waals surface area contributed by atoms with Gasteiger partial charge in [0.05, 0.1) is 39.6 Å². The molecule has 186 valence electrons. The Morgan fingerprint density at radius 3 is 2.03 bits per heavy atom. The van der Waals surface area contributed by atoms with E-state index in [0.717, 1.165) is 0 Å². The highest BCUT2D eigenvalue weighted by atomic mass is 16.5. The highest BCUT2D eigenvalue weighted by Crippen LogP contribution is 2.46. The molecule has 0 spiro atoms. The highest BCUT2D eigenvalue weighted by molar-refractivity contribution is 6.51. The van der Waals surface area contributed by atoms with Crippen molar-refractivity contribution in [3.05, 3.63) is 83.4 Å². The largest absolute Gasteiger partial charge is 0.507 e. The first kappa shape index (κ1) is 24.7. The summed E-state index contributed by atoms with van der Waals surface area (Å²) in [6, 6.07) is 17.6. The summed E-state index contributed by atoms with van der Waals surface area (Å²) in [5.41, 5.74) is 1.31. The predicted molar refractivity (Wildman–Crippen MR) is 135 cm³/mol. The van der Waals surface area contributed by atoms with Crippen LogP contribution in [0.25, 0.3) is 5.76 Å². The summed E-state index contributed by atoms with van der Waals surface area (Å²) in [5, 5.41) is 11.3. The van der Waals surface area contributed by atoms with Gasteiger partial charge >= 0.3 is 0 Å². The Labute approximate surface area is 209 Å². The van der Waals surface area contributed by atoms with E-state index in [1.165, 1.54) is 19.1 Å². The molecule has 36 heavy (non-hydrogen) atoms. The van der Waals surface area contributed by atoms with Gasteiger partial charge in [0, 0.05) is 22.9 Å². The molecular formula is C28H27NO7. The lowest BCUT2D eigenvalue weighted by Crippen LogP contribution is -2.29. The molecule has 8 heteroatoms. The number of amides is 1. The van der Waals surface area contributed by atoms with Crippen LogP contribution in [0.3, 0.4) is 0 Å². The molecule has 1 saturated heterocycles. The van der Waals surface area contributed by atoms with Crippen molar-refractivity contribution in [2.24, 2.45) is 0 Å². The molecule has 1 N–H and O–H groups in total. The van der Waals surface area contributed by atoms with Crippen molar-refractivity contribution in [2.45, 2.75) is 13.0 Å². The van der Waals surface area contributed by atoms with E-state index >= 15 is 0 Å². The fourth-order valence-corrected chi connectivity index (χ4v) is 4.21. The highest BCUT2D eigenvalue weighted by Gasteiger charge is 2.48. The molecule has 0 unspecified atom stereocenters. The van der Waals surface area contributed by atoms with Crippen LogP contribution in [-0.2, 0) is 9.59 Å². The fraction of sp³-hybridized carbons (Fsp3) is 0.214. The minimum atomic E-state index is -0.953. The topological polar surface area (TPSA) is 94.5 Å². The lowest BCUT2D eigenvalue weighted by Gasteiger charge is -2.27. The van der Waals surface area contributed by atoms with Crippen molar-refractivity contribution < 1.29 is 33.6 Å². The number of nitrogens with zero attached hydrogens (tertiary/aromatic N) is 1. The minimum Gasteiger partial charge on any atom is -0.507 e. The number of methoxy groups -OCH3 is 3. The first-order valence-electron chi connectivity index (χ1n) is 11.3. The molecule has 3 aromatic rings. The summed E-state index contributed by atoms with van der Waals surface area (Å²) in [6.45, 7) is 2.37. The number of carbonyl (C=O) groups is 2. The van der Waals surface area contributed by atoms with Crippen LogP contribution in [0.15, 0.2) is 72.3 Å². The zero-order chi connectivity index (χ0) is 25.8. The zero-order valence-corrected chi connectivity index (χ0v) is 20.5. The molecule has 0 saturated carbocycles. The number of carbonyl (C=O) groups excluding carboxylic acids is 2. The van der Waals surface area contributed by atoms with Crippen molar-refractivity contribution in [1.82, 2.24) is 0 Å². The lowest BCUT2D eigenvalue weighted by atomic mass is 9.94. The number of hydrogen-bond donors (Lipinski definition) is 1. The van der Waals surface area contributed by atoms with Crippen molar-refractivity contribution in [3.8, 4) is 23.0 Å². The van der Waals surface area contributed by atoms with Crippen molar-refractivity contribution in [3.63, 3.8) is 0 Å². The molecule has 0 radical (unpaired) electrons. The summed E-state index contributed by atoms with van der Waals surface area (Å²) in [5.74, 6) is 0.302. The molecule has 8 nitrogen and oxygen atoms in total. The summed E-state index contributed by atoms with van der Waals surface area (Å²) in [7, 11) is 4.56. The SMILES string of the molecule is CCOc1ccc(C(O)=C2C(=O)C(=O)N(c3ccc(OC)cc3)[C@H]2c2ccc(OC)cc2OC)cc1. The average molecular weight is 490 g/mol. The number of hydrogen-bond acceptors (Lipinski definition) is 7. The number of benzene rings is 3. The zero-order valence-electron chi connectivity index (χ0n) is 20.5. The Kier molecular flexibility index (Phi) is 7.15. The van der Waals surface area contributed by atoms with Crippen molar-refractivity contribution in [2.75, 3.05) is 32.8 Å². The average Bonchev–Trinajstić information content (AvgIpc) is 3.18. The molecule has 1 heterocycles. The van der Waals surface area contributed by atoms with Gasteiger partial charge in [0.25, 0.3) is 11.7 Å². The molecule has 1 amide bonds. The first-order chi connectivity index (χ1) is 17.4. The number of Topliss-reactive ketones (excluding diaryl/α,β-unsaturated/α-hetero) is 1. The normalized spacial score (nSPS) is 16.7. The van der Waals surface area contributed by atoms with Crippen molar-refractivity contribution >= 4 is 23.1 Å². The third-order valence-electron chi connectivity index (χ3n) is 5.97. The van der Waals surface area contributed by atoms with Gasteiger partial charge in [-0.15, -0.1) is 0 Å². The van der Waals surface area contributed by atoms with E-state index in [1.54, 1.807) is 73.8 Å². The van der Waals surface area contributed by atoms with Crippen LogP contribution in [0.4, 0.5) is 5.69 Å². The summed E-state index contributed by atoms with van der Waals surface area (Å²) < 4.78 is 21.6. The second-order valence-electron chi connectivity index (χ2n) is 7.93. The van der Waals surface area contributed by atoms with Crippen molar-refractivity contribution in [1.29, 1.82) is 0 Å². The van der Waals surface area contributed by atoms with E-state index in [1.807, 2.05) is 6.92 Å². The minimum absolute atomic E-state index is 0.0524. The molecule has 4 rings (SSSR count). The van der Waals surface area contributed by atoms with E-state index in [9.17, 15) is 14.7 Å². The third-order valence-corrected chi connectivity index (χ3v) is 5.97. The van der Waals surface area contributed by atoms with Gasteiger partial charge in [0.15, 0.2) is 0 Å². The van der Waals surface area contributed by atoms with Crippen LogP contribution in [-0.4, -0.2) is 44.7 Å². The number of aliphatic hydroxyl groups excluding tert-OH is 1. The summed E-state index contributed by atoms with van der Waals surface area (Å²) in [4.78, 5) is 28.1. The van der Waals surface area contributed by atoms with E-state index in [2.05, 4.69) is 0 Å². The van der Waals surface area contributed by atoms with E-state index in [-0.39, 0.29) is 11.3 Å². The van der Waals surface area contributed by atoms with Gasteiger partial charge < -0.3 is 24.1 Å². The molecular weight excluding hydrogens is 462 g/mol. The van der Waals surface area contributed by atoms with Gasteiger partial charge in [0.2, 0.25) is 0 Å². The molecule has 1 aliphatic heterocycles. The summed E-state index contributed by atoms with van der Waals surface area (Å²) >= 11 is 0. The first-order valence-corrected chi connectivity index (χ1v) is 11.3. The van der Waals surface area contributed by atoms with Crippen LogP contribution >= 0.6 is 0 Å². The maximum atomic E-state index is 13.4. The Morgan fingerprint density at radius 2 is 1.44 bits per heavy atom. The number of ether oxygens (including phenoxy) is 4. The maximum absolute atomic E-state index is 13.4. The molecule has 3 aromatic carbocycles. The molecule has 0 aromatic heterocycles. The van der Waals surface area contributed by atoms with Crippen LogP contribution in [0, 0.1) is 0 Å². The van der Waals surface area contributed by atoms with Crippen LogP contribution in [0.5, 0.6) is 23.0 Å². The Hall–Kier alpha value is -4.46. The van der Waals surface area contributed by atoms with E-state index in [0.29, 0.717) is 46.4 Å². The van der Waals surface area contributed by atoms with Crippen LogP contribution < -0.4 is 23.8 Å². The van der Waals surface area contributed by atoms with Gasteiger partial charge in [-0.2, -0.15) is 0 Å². The number of aliphatic hydroxyl groups is 1. The molecule has 1 aliphatic rings. The van der Waals surface area contributed by atoms with E-state index in [4.69, 9.17) is 18.9 Å². The number of anilines is 1. The van der Waals surface area contributed by atoms with Crippen LogP contribution in [0.1, 0.15) is 24.1 Å². The Morgan fingerprint density at radius 1 is 0.833 bits per heavy atom. The third kappa shape index (κ3) is 4.45. The van der Waals surface area contributed by atoms with Gasteiger partial charge in [-0.1, -0.05) is 0 Å². The Balaban J connectivity index is 1.92. The number of rotatable bonds is 8. The Bertz CT molecular complexity index is 1300.